The summed E-state index contributed by atoms with van der Waals surface area (Å²) in [4.78, 5) is 0. The SMILES string of the molecule is CCCOc1ccc(C(F)(F)F)c(C(F)(F)F)c1. The third-order valence-corrected chi connectivity index (χ3v) is 2.07. The Labute approximate surface area is 99.4 Å². The van der Waals surface area contributed by atoms with Gasteiger partial charge in [0.05, 0.1) is 17.7 Å². The smallest absolute Gasteiger partial charge is 0.417 e. The zero-order chi connectivity index (χ0) is 14.0. The van der Waals surface area contributed by atoms with Gasteiger partial charge >= 0.3 is 12.4 Å². The zero-order valence-corrected chi connectivity index (χ0v) is 9.32. The van der Waals surface area contributed by atoms with E-state index < -0.39 is 23.5 Å². The first-order valence-corrected chi connectivity index (χ1v) is 5.07. The lowest BCUT2D eigenvalue weighted by molar-refractivity contribution is -0.162. The first kappa shape index (κ1) is 14.7. The molecule has 1 nitrogen and oxygen atoms in total. The summed E-state index contributed by atoms with van der Waals surface area (Å²) in [6.45, 7) is 1.87. The van der Waals surface area contributed by atoms with Gasteiger partial charge in [-0.15, -0.1) is 0 Å². The van der Waals surface area contributed by atoms with Crippen LogP contribution in [0.15, 0.2) is 18.2 Å². The molecule has 0 bridgehead atoms. The van der Waals surface area contributed by atoms with E-state index >= 15 is 0 Å². The third kappa shape index (κ3) is 3.54. The van der Waals surface area contributed by atoms with E-state index in [1.807, 2.05) is 0 Å². The maximum Gasteiger partial charge on any atom is 0.417 e. The van der Waals surface area contributed by atoms with Crippen LogP contribution in [-0.2, 0) is 12.4 Å². The van der Waals surface area contributed by atoms with E-state index in [4.69, 9.17) is 4.74 Å². The van der Waals surface area contributed by atoms with Crippen molar-refractivity contribution in [1.29, 1.82) is 0 Å². The van der Waals surface area contributed by atoms with E-state index in [1.165, 1.54) is 0 Å². The molecule has 0 spiro atoms. The highest BCUT2D eigenvalue weighted by Gasteiger charge is 2.43. The van der Waals surface area contributed by atoms with Crippen molar-refractivity contribution in [2.24, 2.45) is 0 Å². The average molecular weight is 272 g/mol. The third-order valence-electron chi connectivity index (χ3n) is 2.07. The van der Waals surface area contributed by atoms with E-state index in [0.717, 1.165) is 6.07 Å². The predicted molar refractivity (Wildman–Crippen MR) is 52.2 cm³/mol. The number of hydrogen-bond acceptors (Lipinski definition) is 1. The maximum absolute atomic E-state index is 12.5. The molecule has 0 N–H and O–H groups in total. The lowest BCUT2D eigenvalue weighted by Crippen LogP contribution is -2.16. The Morgan fingerprint density at radius 1 is 0.944 bits per heavy atom. The summed E-state index contributed by atoms with van der Waals surface area (Å²) in [6.07, 6.45) is -9.58. The van der Waals surface area contributed by atoms with Gasteiger partial charge in [-0.25, -0.2) is 0 Å². The zero-order valence-electron chi connectivity index (χ0n) is 9.32. The Kier molecular flexibility index (Phi) is 4.13. The van der Waals surface area contributed by atoms with Gasteiger partial charge in [-0.3, -0.25) is 0 Å². The highest BCUT2D eigenvalue weighted by Crippen LogP contribution is 2.41. The van der Waals surface area contributed by atoms with Crippen LogP contribution in [0.1, 0.15) is 24.5 Å². The van der Waals surface area contributed by atoms with Gasteiger partial charge in [0.15, 0.2) is 0 Å². The van der Waals surface area contributed by atoms with Crippen molar-refractivity contribution < 1.29 is 31.1 Å². The number of benzene rings is 1. The molecule has 7 heteroatoms. The molecule has 0 aromatic heterocycles. The molecule has 0 saturated heterocycles. The fourth-order valence-corrected chi connectivity index (χ4v) is 1.31. The molecule has 1 aromatic carbocycles. The van der Waals surface area contributed by atoms with Crippen molar-refractivity contribution in [2.75, 3.05) is 6.61 Å². The van der Waals surface area contributed by atoms with Crippen LogP contribution in [-0.4, -0.2) is 6.61 Å². The van der Waals surface area contributed by atoms with Crippen molar-refractivity contribution >= 4 is 0 Å². The molecule has 1 rings (SSSR count). The van der Waals surface area contributed by atoms with Gasteiger partial charge in [0.2, 0.25) is 0 Å². The van der Waals surface area contributed by atoms with Gasteiger partial charge in [-0.1, -0.05) is 6.92 Å². The van der Waals surface area contributed by atoms with E-state index in [1.54, 1.807) is 6.92 Å². The molecule has 0 fully saturated rings. The van der Waals surface area contributed by atoms with Crippen LogP contribution in [0, 0.1) is 0 Å². The predicted octanol–water partition coefficient (Wildman–Crippen LogP) is 4.51. The summed E-state index contributed by atoms with van der Waals surface area (Å²) in [5.74, 6) is -0.225. The Balaban J connectivity index is 3.22. The largest absolute Gasteiger partial charge is 0.494 e. The fourth-order valence-electron chi connectivity index (χ4n) is 1.31. The van der Waals surface area contributed by atoms with Gasteiger partial charge in [0.1, 0.15) is 5.75 Å². The molecule has 0 unspecified atom stereocenters. The summed E-state index contributed by atoms with van der Waals surface area (Å²) in [7, 11) is 0. The molecule has 18 heavy (non-hydrogen) atoms. The maximum atomic E-state index is 12.5. The number of rotatable bonds is 3. The topological polar surface area (TPSA) is 9.23 Å². The summed E-state index contributed by atoms with van der Waals surface area (Å²) >= 11 is 0. The highest BCUT2D eigenvalue weighted by molar-refractivity contribution is 5.39. The number of ether oxygens (including phenoxy) is 1. The van der Waals surface area contributed by atoms with Crippen LogP contribution >= 0.6 is 0 Å². The van der Waals surface area contributed by atoms with Crippen molar-refractivity contribution in [3.05, 3.63) is 29.3 Å². The molecule has 0 aliphatic rings. The Hall–Kier alpha value is -1.40. The molecule has 0 radical (unpaired) electrons. The van der Waals surface area contributed by atoms with Crippen LogP contribution in [0.4, 0.5) is 26.3 Å². The first-order chi connectivity index (χ1) is 8.16. The fraction of sp³-hybridized carbons (Fsp3) is 0.455. The van der Waals surface area contributed by atoms with E-state index in [0.29, 0.717) is 18.6 Å². The van der Waals surface area contributed by atoms with Crippen LogP contribution < -0.4 is 4.74 Å². The summed E-state index contributed by atoms with van der Waals surface area (Å²) in [5, 5.41) is 0. The van der Waals surface area contributed by atoms with Crippen molar-refractivity contribution in [3.8, 4) is 5.75 Å². The lowest BCUT2D eigenvalue weighted by Gasteiger charge is -2.16. The highest BCUT2D eigenvalue weighted by atomic mass is 19.4. The molecule has 102 valence electrons. The minimum absolute atomic E-state index is 0.142. The van der Waals surface area contributed by atoms with Crippen molar-refractivity contribution in [2.45, 2.75) is 25.7 Å². The normalized spacial score (nSPS) is 12.6. The second-order valence-corrected chi connectivity index (χ2v) is 3.55. The van der Waals surface area contributed by atoms with Gasteiger partial charge in [0.25, 0.3) is 0 Å². The minimum atomic E-state index is -5.07. The lowest BCUT2D eigenvalue weighted by atomic mass is 10.1. The second-order valence-electron chi connectivity index (χ2n) is 3.55. The van der Waals surface area contributed by atoms with Gasteiger partial charge in [-0.2, -0.15) is 26.3 Å². The summed E-state index contributed by atoms with van der Waals surface area (Å²) in [5.41, 5.74) is -3.44. The van der Waals surface area contributed by atoms with Crippen molar-refractivity contribution in [1.82, 2.24) is 0 Å². The molecule has 0 amide bonds. The van der Waals surface area contributed by atoms with E-state index in [2.05, 4.69) is 0 Å². The number of hydrogen-bond donors (Lipinski definition) is 0. The first-order valence-electron chi connectivity index (χ1n) is 5.07. The van der Waals surface area contributed by atoms with Crippen LogP contribution in [0.3, 0.4) is 0 Å². The standard InChI is InChI=1S/C11H10F6O/c1-2-5-18-7-3-4-8(10(12,13)14)9(6-7)11(15,16)17/h3-4,6H,2,5H2,1H3. The number of alkyl halides is 6. The quantitative estimate of drug-likeness (QED) is 0.735. The summed E-state index contributed by atoms with van der Waals surface area (Å²) in [6, 6.07) is 1.64. The average Bonchev–Trinajstić information content (AvgIpc) is 2.23. The van der Waals surface area contributed by atoms with Gasteiger partial charge < -0.3 is 4.74 Å². The molecular formula is C11H10F6O. The molecule has 0 atom stereocenters. The summed E-state index contributed by atoms with van der Waals surface area (Å²) < 4.78 is 79.7. The van der Waals surface area contributed by atoms with Gasteiger partial charge in [-0.05, 0) is 24.6 Å². The molecule has 1 aromatic rings. The Morgan fingerprint density at radius 2 is 1.50 bits per heavy atom. The van der Waals surface area contributed by atoms with Crippen molar-refractivity contribution in [3.63, 3.8) is 0 Å². The van der Waals surface area contributed by atoms with Crippen LogP contribution in [0.2, 0.25) is 0 Å². The van der Waals surface area contributed by atoms with Gasteiger partial charge in [0, 0.05) is 0 Å². The van der Waals surface area contributed by atoms with Crippen LogP contribution in [0.5, 0.6) is 5.75 Å². The Morgan fingerprint density at radius 3 is 1.94 bits per heavy atom. The molecule has 0 aliphatic heterocycles. The Bertz CT molecular complexity index is 407. The molecule has 0 aliphatic carbocycles. The van der Waals surface area contributed by atoms with E-state index in [-0.39, 0.29) is 12.4 Å². The second kappa shape index (κ2) is 5.07. The minimum Gasteiger partial charge on any atom is -0.494 e. The molecule has 0 heterocycles. The van der Waals surface area contributed by atoms with E-state index in [9.17, 15) is 26.3 Å². The number of halogens is 6. The monoisotopic (exact) mass is 272 g/mol. The molecular weight excluding hydrogens is 262 g/mol. The molecule has 0 saturated carbocycles. The van der Waals surface area contributed by atoms with Crippen LogP contribution in [0.25, 0.3) is 0 Å².